The molecule has 0 aromatic rings. The minimum absolute atomic E-state index is 0.853. The SMILES string of the molecule is O=C(O)C1CNCC1(C(F)(F)F)C(F)(F)F. The Morgan fingerprint density at radius 3 is 1.88 bits per heavy atom. The van der Waals surface area contributed by atoms with Crippen LogP contribution in [-0.2, 0) is 4.79 Å². The highest BCUT2D eigenvalue weighted by Gasteiger charge is 2.77. The monoisotopic (exact) mass is 251 g/mol. The first-order valence-corrected chi connectivity index (χ1v) is 4.11. The van der Waals surface area contributed by atoms with Crippen LogP contribution in [-0.4, -0.2) is 36.5 Å². The van der Waals surface area contributed by atoms with E-state index in [2.05, 4.69) is 0 Å². The molecule has 1 atom stereocenters. The van der Waals surface area contributed by atoms with Crippen LogP contribution in [0.4, 0.5) is 26.3 Å². The summed E-state index contributed by atoms with van der Waals surface area (Å²) in [6.45, 7) is -2.31. The molecule has 3 nitrogen and oxygen atoms in total. The van der Waals surface area contributed by atoms with E-state index >= 15 is 0 Å². The van der Waals surface area contributed by atoms with E-state index in [0.717, 1.165) is 0 Å². The second-order valence-electron chi connectivity index (χ2n) is 3.49. The normalized spacial score (nSPS) is 25.8. The molecule has 0 saturated carbocycles. The van der Waals surface area contributed by atoms with Crippen LogP contribution in [0.2, 0.25) is 0 Å². The Kier molecular flexibility index (Phi) is 2.86. The maximum absolute atomic E-state index is 12.5. The summed E-state index contributed by atoms with van der Waals surface area (Å²) < 4.78 is 75.0. The smallest absolute Gasteiger partial charge is 0.405 e. The van der Waals surface area contributed by atoms with Crippen molar-refractivity contribution < 1.29 is 36.2 Å². The minimum Gasteiger partial charge on any atom is -0.481 e. The summed E-state index contributed by atoms with van der Waals surface area (Å²) in [4.78, 5) is 10.5. The van der Waals surface area contributed by atoms with Crippen LogP contribution < -0.4 is 5.32 Å². The van der Waals surface area contributed by atoms with E-state index in [1.807, 2.05) is 5.32 Å². The van der Waals surface area contributed by atoms with E-state index in [9.17, 15) is 31.1 Å². The van der Waals surface area contributed by atoms with Gasteiger partial charge in [0.25, 0.3) is 0 Å². The van der Waals surface area contributed by atoms with Gasteiger partial charge in [-0.3, -0.25) is 4.79 Å². The summed E-state index contributed by atoms with van der Waals surface area (Å²) in [5.74, 6) is -4.66. The molecule has 0 bridgehead atoms. The average Bonchev–Trinajstić information content (AvgIpc) is 2.44. The zero-order chi connectivity index (χ0) is 12.8. The summed E-state index contributed by atoms with van der Waals surface area (Å²) in [6, 6.07) is 0. The molecule has 0 aromatic heterocycles. The van der Waals surface area contributed by atoms with Crippen molar-refractivity contribution in [1.82, 2.24) is 5.32 Å². The van der Waals surface area contributed by atoms with E-state index in [-0.39, 0.29) is 0 Å². The van der Waals surface area contributed by atoms with Crippen molar-refractivity contribution in [1.29, 1.82) is 0 Å². The third-order valence-electron chi connectivity index (χ3n) is 2.66. The van der Waals surface area contributed by atoms with E-state index < -0.39 is 42.7 Å². The number of aliphatic carboxylic acids is 1. The van der Waals surface area contributed by atoms with E-state index in [4.69, 9.17) is 5.11 Å². The van der Waals surface area contributed by atoms with Crippen LogP contribution in [0.3, 0.4) is 0 Å². The lowest BCUT2D eigenvalue weighted by Gasteiger charge is -2.36. The summed E-state index contributed by atoms with van der Waals surface area (Å²) >= 11 is 0. The van der Waals surface area contributed by atoms with Crippen LogP contribution >= 0.6 is 0 Å². The van der Waals surface area contributed by atoms with Gasteiger partial charge in [0.2, 0.25) is 0 Å². The van der Waals surface area contributed by atoms with Gasteiger partial charge in [-0.15, -0.1) is 0 Å². The van der Waals surface area contributed by atoms with Gasteiger partial charge in [-0.1, -0.05) is 0 Å². The Balaban J connectivity index is 3.30. The average molecular weight is 251 g/mol. The first kappa shape index (κ1) is 13.1. The van der Waals surface area contributed by atoms with Crippen molar-refractivity contribution in [2.45, 2.75) is 12.4 Å². The molecule has 1 aliphatic rings. The zero-order valence-corrected chi connectivity index (χ0v) is 7.61. The van der Waals surface area contributed by atoms with E-state index in [1.165, 1.54) is 0 Å². The predicted molar refractivity (Wildman–Crippen MR) is 38.5 cm³/mol. The van der Waals surface area contributed by atoms with Crippen LogP contribution in [0.5, 0.6) is 0 Å². The van der Waals surface area contributed by atoms with Gasteiger partial charge in [0.05, 0.1) is 5.92 Å². The third kappa shape index (κ3) is 1.62. The minimum atomic E-state index is -5.65. The Hall–Kier alpha value is -0.990. The second-order valence-corrected chi connectivity index (χ2v) is 3.49. The maximum atomic E-state index is 12.5. The van der Waals surface area contributed by atoms with Crippen molar-refractivity contribution in [3.05, 3.63) is 0 Å². The number of carboxylic acids is 1. The lowest BCUT2D eigenvalue weighted by atomic mass is 9.76. The van der Waals surface area contributed by atoms with Crippen molar-refractivity contribution in [3.63, 3.8) is 0 Å². The molecule has 9 heteroatoms. The highest BCUT2D eigenvalue weighted by Crippen LogP contribution is 2.56. The number of nitrogens with one attached hydrogen (secondary N) is 1. The number of alkyl halides is 6. The molecule has 0 radical (unpaired) electrons. The fourth-order valence-electron chi connectivity index (χ4n) is 1.77. The molecule has 0 amide bonds. The molecule has 16 heavy (non-hydrogen) atoms. The number of rotatable bonds is 1. The predicted octanol–water partition coefficient (Wildman–Crippen LogP) is 1.40. The molecular formula is C7H7F6NO2. The van der Waals surface area contributed by atoms with Crippen molar-refractivity contribution in [2.75, 3.05) is 13.1 Å². The van der Waals surface area contributed by atoms with E-state index in [1.54, 1.807) is 0 Å². The molecular weight excluding hydrogens is 244 g/mol. The molecule has 1 aliphatic heterocycles. The molecule has 1 rings (SSSR count). The Bertz CT molecular complexity index is 282. The lowest BCUT2D eigenvalue weighted by Crippen LogP contribution is -2.57. The van der Waals surface area contributed by atoms with Gasteiger partial charge in [-0.05, 0) is 0 Å². The number of hydrogen-bond acceptors (Lipinski definition) is 2. The Morgan fingerprint density at radius 2 is 1.62 bits per heavy atom. The van der Waals surface area contributed by atoms with Crippen molar-refractivity contribution in [3.8, 4) is 0 Å². The summed E-state index contributed by atoms with van der Waals surface area (Å²) in [5, 5.41) is 10.3. The molecule has 0 aromatic carbocycles. The molecule has 1 unspecified atom stereocenters. The number of halogens is 6. The molecule has 0 aliphatic carbocycles. The Labute approximate surface area is 85.4 Å². The third-order valence-corrected chi connectivity index (χ3v) is 2.66. The van der Waals surface area contributed by atoms with Gasteiger partial charge < -0.3 is 10.4 Å². The van der Waals surface area contributed by atoms with Gasteiger partial charge in [-0.25, -0.2) is 0 Å². The molecule has 94 valence electrons. The van der Waals surface area contributed by atoms with Gasteiger partial charge >= 0.3 is 18.3 Å². The molecule has 2 N–H and O–H groups in total. The lowest BCUT2D eigenvalue weighted by molar-refractivity contribution is -0.344. The van der Waals surface area contributed by atoms with Gasteiger partial charge in [0.1, 0.15) is 0 Å². The van der Waals surface area contributed by atoms with Gasteiger partial charge in [0.15, 0.2) is 5.41 Å². The van der Waals surface area contributed by atoms with E-state index in [0.29, 0.717) is 0 Å². The first-order valence-electron chi connectivity index (χ1n) is 4.11. The molecule has 1 fully saturated rings. The first-order chi connectivity index (χ1) is 7.04. The van der Waals surface area contributed by atoms with Crippen LogP contribution in [0.15, 0.2) is 0 Å². The zero-order valence-electron chi connectivity index (χ0n) is 7.61. The fourth-order valence-corrected chi connectivity index (χ4v) is 1.77. The van der Waals surface area contributed by atoms with Crippen LogP contribution in [0, 0.1) is 11.3 Å². The Morgan fingerprint density at radius 1 is 1.19 bits per heavy atom. The highest BCUT2D eigenvalue weighted by atomic mass is 19.4. The van der Waals surface area contributed by atoms with Gasteiger partial charge in [-0.2, -0.15) is 26.3 Å². The topological polar surface area (TPSA) is 49.3 Å². The summed E-state index contributed by atoms with van der Waals surface area (Å²) in [6.07, 6.45) is -11.3. The summed E-state index contributed by atoms with van der Waals surface area (Å²) in [5.41, 5.74) is -4.20. The van der Waals surface area contributed by atoms with Crippen LogP contribution in [0.1, 0.15) is 0 Å². The van der Waals surface area contributed by atoms with Crippen molar-refractivity contribution in [2.24, 2.45) is 11.3 Å². The fraction of sp³-hybridized carbons (Fsp3) is 0.857. The largest absolute Gasteiger partial charge is 0.481 e. The standard InChI is InChI=1S/C7H7F6NO2/c8-6(9,10)5(7(11,12)13)2-14-1-3(5)4(15)16/h3,14H,1-2H2,(H,15,16). The molecule has 0 spiro atoms. The van der Waals surface area contributed by atoms with Crippen LogP contribution in [0.25, 0.3) is 0 Å². The molecule has 1 heterocycles. The van der Waals surface area contributed by atoms with Gasteiger partial charge in [0, 0.05) is 13.1 Å². The number of carbonyl (C=O) groups is 1. The number of hydrogen-bond donors (Lipinski definition) is 2. The quantitative estimate of drug-likeness (QED) is 0.692. The number of carboxylic acid groups (broad SMARTS) is 1. The molecule has 1 saturated heterocycles. The van der Waals surface area contributed by atoms with Crippen molar-refractivity contribution >= 4 is 5.97 Å². The second kappa shape index (κ2) is 3.51. The maximum Gasteiger partial charge on any atom is 0.405 e. The summed E-state index contributed by atoms with van der Waals surface area (Å²) in [7, 11) is 0. The highest BCUT2D eigenvalue weighted by molar-refractivity contribution is 5.72.